The second kappa shape index (κ2) is 8.45. The Labute approximate surface area is 143 Å². The van der Waals surface area contributed by atoms with E-state index in [9.17, 15) is 5.11 Å². The monoisotopic (exact) mass is 349 g/mol. The first-order chi connectivity index (χ1) is 11.1. The molecule has 0 atom stereocenters. The molecule has 0 aliphatic rings. The van der Waals surface area contributed by atoms with Gasteiger partial charge in [-0.15, -0.1) is 5.10 Å². The molecule has 2 aromatic rings. The van der Waals surface area contributed by atoms with Gasteiger partial charge in [-0.1, -0.05) is 53.7 Å². The number of phenolic OH excluding ortho intramolecular Hbond substituents is 1. The predicted molar refractivity (Wildman–Crippen MR) is 96.6 cm³/mol. The normalized spacial score (nSPS) is 11.8. The first-order valence-corrected chi connectivity index (χ1v) is 8.06. The van der Waals surface area contributed by atoms with Crippen molar-refractivity contribution in [1.82, 2.24) is 0 Å². The van der Waals surface area contributed by atoms with Crippen LogP contribution in [-0.2, 0) is 5.75 Å². The predicted octanol–water partition coefficient (Wildman–Crippen LogP) is 3.64. The summed E-state index contributed by atoms with van der Waals surface area (Å²) in [6, 6.07) is 12.9. The fourth-order valence-corrected chi connectivity index (χ4v) is 2.55. The summed E-state index contributed by atoms with van der Waals surface area (Å²) in [6.45, 7) is 0. The molecule has 2 aromatic carbocycles. The quantitative estimate of drug-likeness (QED) is 0.490. The second-order valence-corrected chi connectivity index (χ2v) is 5.91. The fourth-order valence-electron chi connectivity index (χ4n) is 1.73. The van der Waals surface area contributed by atoms with Crippen molar-refractivity contribution < 1.29 is 9.84 Å². The first-order valence-electron chi connectivity index (χ1n) is 6.70. The van der Waals surface area contributed by atoms with E-state index < -0.39 is 0 Å². The van der Waals surface area contributed by atoms with Gasteiger partial charge in [-0.05, 0) is 11.6 Å². The Morgan fingerprint density at radius 2 is 2.09 bits per heavy atom. The van der Waals surface area contributed by atoms with Crippen LogP contribution in [-0.4, -0.2) is 23.6 Å². The van der Waals surface area contributed by atoms with Gasteiger partial charge in [-0.2, -0.15) is 5.10 Å². The Hall–Kier alpha value is -2.18. The van der Waals surface area contributed by atoms with Gasteiger partial charge in [0.2, 0.25) is 0 Å². The van der Waals surface area contributed by atoms with Crippen LogP contribution in [0.4, 0.5) is 0 Å². The number of nitrogens with zero attached hydrogens (tertiary/aromatic N) is 2. The molecule has 0 saturated carbocycles. The third kappa shape index (κ3) is 5.19. The molecule has 0 spiro atoms. The highest BCUT2D eigenvalue weighted by Crippen LogP contribution is 2.31. The van der Waals surface area contributed by atoms with Gasteiger partial charge in [-0.25, -0.2) is 0 Å². The number of aromatic hydroxyl groups is 1. The van der Waals surface area contributed by atoms with Crippen molar-refractivity contribution in [3.05, 3.63) is 58.6 Å². The molecule has 3 N–H and O–H groups in total. The lowest BCUT2D eigenvalue weighted by Crippen LogP contribution is -2.06. The van der Waals surface area contributed by atoms with E-state index >= 15 is 0 Å². The minimum Gasteiger partial charge on any atom is -0.504 e. The van der Waals surface area contributed by atoms with E-state index in [-0.39, 0.29) is 5.75 Å². The number of phenols is 1. The number of amidine groups is 1. The zero-order valence-corrected chi connectivity index (χ0v) is 14.0. The molecule has 0 radical (unpaired) electrons. The molecular formula is C16H16ClN3O2S. The molecule has 0 bridgehead atoms. The van der Waals surface area contributed by atoms with Crippen molar-refractivity contribution in [2.75, 3.05) is 7.11 Å². The fraction of sp³-hybridized carbons (Fsp3) is 0.125. The van der Waals surface area contributed by atoms with Crippen LogP contribution in [0, 0.1) is 0 Å². The summed E-state index contributed by atoms with van der Waals surface area (Å²) in [5, 5.41) is 18.1. The van der Waals surface area contributed by atoms with Gasteiger partial charge in [0.25, 0.3) is 0 Å². The largest absolute Gasteiger partial charge is 0.504 e. The Morgan fingerprint density at radius 1 is 1.35 bits per heavy atom. The first kappa shape index (κ1) is 17.2. The van der Waals surface area contributed by atoms with E-state index in [1.165, 1.54) is 31.2 Å². The van der Waals surface area contributed by atoms with Crippen LogP contribution < -0.4 is 10.5 Å². The number of benzene rings is 2. The number of hydrogen-bond acceptors (Lipinski definition) is 5. The lowest BCUT2D eigenvalue weighted by molar-refractivity contribution is 0.373. The van der Waals surface area contributed by atoms with Gasteiger partial charge in [0.15, 0.2) is 16.7 Å². The number of methoxy groups -OCH3 is 1. The van der Waals surface area contributed by atoms with Gasteiger partial charge in [0.05, 0.1) is 18.3 Å². The molecule has 0 aliphatic heterocycles. The van der Waals surface area contributed by atoms with E-state index in [1.807, 2.05) is 30.3 Å². The molecule has 2 rings (SSSR count). The lowest BCUT2D eigenvalue weighted by Gasteiger charge is -2.05. The van der Waals surface area contributed by atoms with E-state index in [0.717, 1.165) is 11.3 Å². The van der Waals surface area contributed by atoms with Gasteiger partial charge < -0.3 is 15.6 Å². The Balaban J connectivity index is 1.99. The van der Waals surface area contributed by atoms with Gasteiger partial charge in [-0.3, -0.25) is 0 Å². The molecular weight excluding hydrogens is 334 g/mol. The lowest BCUT2D eigenvalue weighted by atomic mass is 10.2. The molecule has 0 amide bonds. The standard InChI is InChI=1S/C16H16ClN3O2S/c1-22-15-7-12(13(17)8-14(15)21)9-19-20-16(18)23-10-11-5-3-2-4-6-11/h2-9,21H,10H2,1H3,(H2,18,20). The molecule has 0 fully saturated rings. The number of halogens is 1. The van der Waals surface area contributed by atoms with Gasteiger partial charge >= 0.3 is 0 Å². The molecule has 120 valence electrons. The summed E-state index contributed by atoms with van der Waals surface area (Å²) in [7, 11) is 1.46. The maximum atomic E-state index is 9.60. The van der Waals surface area contributed by atoms with Crippen LogP contribution in [0.3, 0.4) is 0 Å². The smallest absolute Gasteiger partial charge is 0.180 e. The zero-order valence-electron chi connectivity index (χ0n) is 12.4. The van der Waals surface area contributed by atoms with Gasteiger partial charge in [0, 0.05) is 17.4 Å². The van der Waals surface area contributed by atoms with Crippen LogP contribution in [0.2, 0.25) is 5.02 Å². The van der Waals surface area contributed by atoms with Crippen molar-refractivity contribution in [3.8, 4) is 11.5 Å². The third-order valence-corrected chi connectivity index (χ3v) is 4.06. The molecule has 5 nitrogen and oxygen atoms in total. The Morgan fingerprint density at radius 3 is 2.78 bits per heavy atom. The highest BCUT2D eigenvalue weighted by atomic mass is 35.5. The summed E-state index contributed by atoms with van der Waals surface area (Å²) in [5.74, 6) is 1.00. The number of rotatable bonds is 5. The minimum atomic E-state index is -0.0314. The molecule has 0 saturated heterocycles. The average Bonchev–Trinajstić information content (AvgIpc) is 2.56. The van der Waals surface area contributed by atoms with Crippen molar-refractivity contribution >= 4 is 34.7 Å². The van der Waals surface area contributed by atoms with Crippen LogP contribution in [0.25, 0.3) is 0 Å². The summed E-state index contributed by atoms with van der Waals surface area (Å²) in [6.07, 6.45) is 1.46. The summed E-state index contributed by atoms with van der Waals surface area (Å²) < 4.78 is 5.02. The Kier molecular flexibility index (Phi) is 6.31. The van der Waals surface area contributed by atoms with E-state index in [0.29, 0.717) is 21.5 Å². The second-order valence-electron chi connectivity index (χ2n) is 4.50. The maximum Gasteiger partial charge on any atom is 0.180 e. The van der Waals surface area contributed by atoms with Crippen LogP contribution >= 0.6 is 23.4 Å². The van der Waals surface area contributed by atoms with Crippen molar-refractivity contribution in [2.24, 2.45) is 15.9 Å². The summed E-state index contributed by atoms with van der Waals surface area (Å²) in [4.78, 5) is 0. The zero-order chi connectivity index (χ0) is 16.7. The molecule has 23 heavy (non-hydrogen) atoms. The summed E-state index contributed by atoms with van der Waals surface area (Å²) >= 11 is 7.42. The maximum absolute atomic E-state index is 9.60. The van der Waals surface area contributed by atoms with Crippen LogP contribution in [0.5, 0.6) is 11.5 Å². The highest BCUT2D eigenvalue weighted by Gasteiger charge is 2.06. The van der Waals surface area contributed by atoms with Crippen molar-refractivity contribution in [3.63, 3.8) is 0 Å². The summed E-state index contributed by atoms with van der Waals surface area (Å²) in [5.41, 5.74) is 7.54. The molecule has 7 heteroatoms. The number of hydrogen-bond donors (Lipinski definition) is 2. The topological polar surface area (TPSA) is 80.2 Å². The highest BCUT2D eigenvalue weighted by molar-refractivity contribution is 8.13. The number of ether oxygens (including phenoxy) is 1. The Bertz CT molecular complexity index is 721. The van der Waals surface area contributed by atoms with Crippen molar-refractivity contribution in [2.45, 2.75) is 5.75 Å². The molecule has 0 unspecified atom stereocenters. The SMILES string of the molecule is COc1cc(C=NN=C(N)SCc2ccccc2)c(Cl)cc1O. The number of nitrogens with two attached hydrogens (primary N) is 1. The van der Waals surface area contributed by atoms with E-state index in [4.69, 9.17) is 22.1 Å². The van der Waals surface area contributed by atoms with E-state index in [2.05, 4.69) is 10.2 Å². The number of thioether (sulfide) groups is 1. The molecule has 0 heterocycles. The molecule has 0 aliphatic carbocycles. The van der Waals surface area contributed by atoms with Crippen LogP contribution in [0.15, 0.2) is 52.7 Å². The third-order valence-electron chi connectivity index (χ3n) is 2.88. The average molecular weight is 350 g/mol. The minimum absolute atomic E-state index is 0.0314. The van der Waals surface area contributed by atoms with Crippen LogP contribution in [0.1, 0.15) is 11.1 Å². The van der Waals surface area contributed by atoms with Gasteiger partial charge in [0.1, 0.15) is 0 Å². The van der Waals surface area contributed by atoms with Crippen molar-refractivity contribution in [1.29, 1.82) is 0 Å². The molecule has 0 aromatic heterocycles. The van der Waals surface area contributed by atoms with E-state index in [1.54, 1.807) is 6.07 Å².